The Kier molecular flexibility index (Phi) is 6.17. The number of nitrogens with one attached hydrogen (secondary N) is 3. The number of sulfonamides is 1. The highest BCUT2D eigenvalue weighted by molar-refractivity contribution is 7.89. The fourth-order valence-electron chi connectivity index (χ4n) is 3.55. The van der Waals surface area contributed by atoms with Crippen LogP contribution in [0.1, 0.15) is 25.3 Å². The van der Waals surface area contributed by atoms with Crippen molar-refractivity contribution in [3.8, 4) is 11.1 Å². The average molecular weight is 489 g/mol. The molecule has 0 atom stereocenters. The molecular weight excluding hydrogens is 464 g/mol. The minimum atomic E-state index is -3.74. The van der Waals surface area contributed by atoms with Gasteiger partial charge in [-0.15, -0.1) is 0 Å². The number of rotatable bonds is 8. The zero-order chi connectivity index (χ0) is 23.8. The molecule has 0 aliphatic carbocycles. The van der Waals surface area contributed by atoms with Gasteiger partial charge in [0, 0.05) is 36.4 Å². The molecule has 0 radical (unpaired) electrons. The number of aromatic amines is 1. The number of aromatic nitrogens is 4. The Morgan fingerprint density at radius 2 is 2.00 bits per heavy atom. The summed E-state index contributed by atoms with van der Waals surface area (Å²) in [5, 5.41) is 8.35. The van der Waals surface area contributed by atoms with E-state index in [1.54, 1.807) is 26.1 Å². The smallest absolute Gasteiger partial charge is 0.245 e. The second kappa shape index (κ2) is 8.77. The van der Waals surface area contributed by atoms with Crippen molar-refractivity contribution < 1.29 is 12.9 Å². The summed E-state index contributed by atoms with van der Waals surface area (Å²) in [6.45, 7) is 7.74. The third-order valence-corrected chi connectivity index (χ3v) is 7.12. The van der Waals surface area contributed by atoms with Gasteiger partial charge in [0.1, 0.15) is 27.2 Å². The summed E-state index contributed by atoms with van der Waals surface area (Å²) in [5.74, 6) is 0.858. The van der Waals surface area contributed by atoms with Gasteiger partial charge in [0.15, 0.2) is 5.76 Å². The minimum absolute atomic E-state index is 0.0839. The molecule has 0 saturated heterocycles. The van der Waals surface area contributed by atoms with E-state index in [-0.39, 0.29) is 17.2 Å². The summed E-state index contributed by atoms with van der Waals surface area (Å²) in [6, 6.07) is 7.58. The van der Waals surface area contributed by atoms with Crippen molar-refractivity contribution in [3.63, 3.8) is 0 Å². The highest BCUT2D eigenvalue weighted by atomic mass is 35.5. The largest absolute Gasteiger partial charge is 0.369 e. The van der Waals surface area contributed by atoms with E-state index in [1.165, 1.54) is 0 Å². The normalized spacial score (nSPS) is 12.4. The molecular formula is C22H25ClN6O3S. The number of nitrogens with zero attached hydrogens (tertiary/aromatic N) is 3. The molecule has 4 aromatic heterocycles. The Hall–Kier alpha value is -2.95. The lowest BCUT2D eigenvalue weighted by Crippen LogP contribution is -2.38. The fourth-order valence-corrected chi connectivity index (χ4v) is 5.33. The summed E-state index contributed by atoms with van der Waals surface area (Å²) in [4.78, 5) is 11.9. The van der Waals surface area contributed by atoms with Crippen LogP contribution in [0.25, 0.3) is 22.2 Å². The molecule has 3 N–H and O–H groups in total. The number of hydrogen-bond donors (Lipinski definition) is 3. The average Bonchev–Trinajstić information content (AvgIpc) is 3.34. The summed E-state index contributed by atoms with van der Waals surface area (Å²) in [7, 11) is -3.74. The molecule has 33 heavy (non-hydrogen) atoms. The predicted molar refractivity (Wildman–Crippen MR) is 128 cm³/mol. The van der Waals surface area contributed by atoms with Crippen molar-refractivity contribution in [2.24, 2.45) is 5.41 Å². The van der Waals surface area contributed by atoms with Crippen LogP contribution in [-0.2, 0) is 10.0 Å². The Bertz CT molecular complexity index is 1390. The highest BCUT2D eigenvalue weighted by Gasteiger charge is 2.27. The van der Waals surface area contributed by atoms with Gasteiger partial charge >= 0.3 is 0 Å². The predicted octanol–water partition coefficient (Wildman–Crippen LogP) is 4.30. The number of anilines is 1. The van der Waals surface area contributed by atoms with Gasteiger partial charge < -0.3 is 14.8 Å². The van der Waals surface area contributed by atoms with E-state index in [4.69, 9.17) is 16.1 Å². The van der Waals surface area contributed by atoms with Crippen molar-refractivity contribution in [1.29, 1.82) is 0 Å². The fraction of sp³-hybridized carbons (Fsp3) is 0.318. The monoisotopic (exact) mass is 488 g/mol. The van der Waals surface area contributed by atoms with Gasteiger partial charge in [-0.25, -0.2) is 23.1 Å². The summed E-state index contributed by atoms with van der Waals surface area (Å²) >= 11 is 6.29. The zero-order valence-electron chi connectivity index (χ0n) is 18.7. The lowest BCUT2D eigenvalue weighted by Gasteiger charge is -2.25. The summed E-state index contributed by atoms with van der Waals surface area (Å²) in [5.41, 5.74) is 2.56. The molecule has 0 fully saturated rings. The van der Waals surface area contributed by atoms with Crippen LogP contribution < -0.4 is 10.0 Å². The van der Waals surface area contributed by atoms with Gasteiger partial charge in [-0.2, -0.15) is 0 Å². The molecule has 174 valence electrons. The zero-order valence-corrected chi connectivity index (χ0v) is 20.3. The van der Waals surface area contributed by atoms with Crippen LogP contribution in [0.5, 0.6) is 0 Å². The van der Waals surface area contributed by atoms with Crippen molar-refractivity contribution in [2.75, 3.05) is 18.4 Å². The van der Waals surface area contributed by atoms with Crippen LogP contribution in [0, 0.1) is 19.3 Å². The number of halogens is 1. The van der Waals surface area contributed by atoms with Crippen LogP contribution in [-0.4, -0.2) is 41.6 Å². The lowest BCUT2D eigenvalue weighted by molar-refractivity contribution is 0.385. The Morgan fingerprint density at radius 1 is 1.21 bits per heavy atom. The lowest BCUT2D eigenvalue weighted by atomic mass is 9.94. The molecule has 11 heteroatoms. The SMILES string of the molecule is Cc1noc(C)c1S(=O)(=O)NCC(C)(C)CNc1cc(-c2c[nH]c3ncccc23)cc(Cl)n1. The number of pyridine rings is 2. The molecule has 9 nitrogen and oxygen atoms in total. The molecule has 4 heterocycles. The van der Waals surface area contributed by atoms with E-state index in [1.807, 2.05) is 38.2 Å². The maximum atomic E-state index is 12.7. The van der Waals surface area contributed by atoms with Gasteiger partial charge in [-0.05, 0) is 49.1 Å². The Balaban J connectivity index is 1.47. The van der Waals surface area contributed by atoms with Crippen LogP contribution >= 0.6 is 11.6 Å². The Morgan fingerprint density at radius 3 is 2.73 bits per heavy atom. The first-order valence-corrected chi connectivity index (χ1v) is 12.2. The molecule has 0 unspecified atom stereocenters. The van der Waals surface area contributed by atoms with E-state index in [0.29, 0.717) is 23.2 Å². The van der Waals surface area contributed by atoms with Crippen molar-refractivity contribution in [3.05, 3.63) is 53.3 Å². The van der Waals surface area contributed by atoms with Gasteiger partial charge in [-0.1, -0.05) is 30.6 Å². The third kappa shape index (κ3) is 5.02. The molecule has 0 bridgehead atoms. The first-order chi connectivity index (χ1) is 15.6. The van der Waals surface area contributed by atoms with E-state index in [2.05, 4.69) is 30.1 Å². The molecule has 0 aliphatic heterocycles. The van der Waals surface area contributed by atoms with Gasteiger partial charge in [-0.3, -0.25) is 0 Å². The molecule has 4 rings (SSSR count). The van der Waals surface area contributed by atoms with Crippen LogP contribution in [0.2, 0.25) is 5.15 Å². The van der Waals surface area contributed by atoms with Gasteiger partial charge in [0.25, 0.3) is 0 Å². The molecule has 0 spiro atoms. The molecule has 0 aliphatic rings. The second-order valence-corrected chi connectivity index (χ2v) is 10.8. The standard InChI is InChI=1S/C22H25ClN6O3S/c1-13-20(14(2)32-29-13)33(30,31)27-12-22(3,4)11-26-19-9-15(8-18(23)28-19)17-10-25-21-16(17)6-5-7-24-21/h5-10,27H,11-12H2,1-4H3,(H,24,25)(H,26,28). The highest BCUT2D eigenvalue weighted by Crippen LogP contribution is 2.31. The van der Waals surface area contributed by atoms with Crippen molar-refractivity contribution in [2.45, 2.75) is 32.6 Å². The van der Waals surface area contributed by atoms with Crippen LogP contribution in [0.4, 0.5) is 5.82 Å². The maximum absolute atomic E-state index is 12.7. The first-order valence-electron chi connectivity index (χ1n) is 10.3. The van der Waals surface area contributed by atoms with Crippen molar-refractivity contribution in [1.82, 2.24) is 24.8 Å². The van der Waals surface area contributed by atoms with Gasteiger partial charge in [0.2, 0.25) is 10.0 Å². The van der Waals surface area contributed by atoms with Crippen molar-refractivity contribution >= 4 is 38.5 Å². The molecule has 0 aromatic carbocycles. The Labute approximate surface area is 197 Å². The van der Waals surface area contributed by atoms with Crippen LogP contribution in [0.15, 0.2) is 46.1 Å². The maximum Gasteiger partial charge on any atom is 0.245 e. The number of hydrogen-bond acceptors (Lipinski definition) is 7. The minimum Gasteiger partial charge on any atom is -0.369 e. The molecule has 4 aromatic rings. The van der Waals surface area contributed by atoms with E-state index in [9.17, 15) is 8.42 Å². The van der Waals surface area contributed by atoms with E-state index < -0.39 is 15.4 Å². The summed E-state index contributed by atoms with van der Waals surface area (Å²) < 4.78 is 33.1. The number of fused-ring (bicyclic) bond motifs is 1. The van der Waals surface area contributed by atoms with Gasteiger partial charge in [0.05, 0.1) is 0 Å². The third-order valence-electron chi connectivity index (χ3n) is 5.28. The quantitative estimate of drug-likeness (QED) is 0.315. The topological polar surface area (TPSA) is 126 Å². The number of H-pyrrole nitrogens is 1. The van der Waals surface area contributed by atoms with E-state index in [0.717, 1.165) is 22.2 Å². The first kappa shape index (κ1) is 23.2. The van der Waals surface area contributed by atoms with E-state index >= 15 is 0 Å². The second-order valence-electron chi connectivity index (χ2n) is 8.66. The summed E-state index contributed by atoms with van der Waals surface area (Å²) in [6.07, 6.45) is 3.62. The number of aryl methyl sites for hydroxylation is 2. The van der Waals surface area contributed by atoms with Crippen LogP contribution in [0.3, 0.4) is 0 Å². The molecule has 0 amide bonds. The molecule has 0 saturated carbocycles.